The molecule has 3 rings (SSSR count). The molecule has 0 spiro atoms. The number of rotatable bonds is 5. The van der Waals surface area contributed by atoms with Crippen molar-refractivity contribution in [3.05, 3.63) is 40.5 Å². The third-order valence-corrected chi connectivity index (χ3v) is 4.53. The zero-order valence-corrected chi connectivity index (χ0v) is 15.1. The standard InChI is InChI=1S/C14H14BrN7OS/c1-8-6-11(19-18-8)13-20-21-14(22(13)16)24-7-12(23)17-10-4-2-9(15)3-5-10/h2-6H,7,16H2,1H3,(H,17,23)(H,18,19). The number of anilines is 1. The first kappa shape index (κ1) is 16.5. The third-order valence-electron chi connectivity index (χ3n) is 3.06. The van der Waals surface area contributed by atoms with Crippen molar-refractivity contribution in [1.82, 2.24) is 25.1 Å². The number of hydrogen-bond donors (Lipinski definition) is 3. The van der Waals surface area contributed by atoms with Crippen LogP contribution >= 0.6 is 27.7 Å². The molecule has 1 aromatic carbocycles. The second kappa shape index (κ2) is 7.05. The first-order valence-corrected chi connectivity index (χ1v) is 8.72. The number of aromatic amines is 1. The van der Waals surface area contributed by atoms with Gasteiger partial charge < -0.3 is 11.2 Å². The number of nitrogen functional groups attached to an aromatic ring is 1. The topological polar surface area (TPSA) is 115 Å². The van der Waals surface area contributed by atoms with E-state index in [4.69, 9.17) is 5.84 Å². The molecule has 0 atom stereocenters. The van der Waals surface area contributed by atoms with E-state index < -0.39 is 0 Å². The zero-order valence-electron chi connectivity index (χ0n) is 12.7. The molecule has 124 valence electrons. The van der Waals surface area contributed by atoms with E-state index in [9.17, 15) is 4.79 Å². The van der Waals surface area contributed by atoms with Crippen LogP contribution in [0.25, 0.3) is 11.5 Å². The lowest BCUT2D eigenvalue weighted by atomic mass is 10.3. The fourth-order valence-corrected chi connectivity index (χ4v) is 2.86. The van der Waals surface area contributed by atoms with Crippen molar-refractivity contribution in [2.45, 2.75) is 12.1 Å². The zero-order chi connectivity index (χ0) is 17.1. The summed E-state index contributed by atoms with van der Waals surface area (Å²) in [6, 6.07) is 9.17. The highest BCUT2D eigenvalue weighted by molar-refractivity contribution is 9.10. The van der Waals surface area contributed by atoms with Gasteiger partial charge in [-0.2, -0.15) is 5.10 Å². The van der Waals surface area contributed by atoms with Gasteiger partial charge in [-0.3, -0.25) is 9.89 Å². The number of H-pyrrole nitrogens is 1. The average Bonchev–Trinajstić information content (AvgIpc) is 3.13. The number of aromatic nitrogens is 5. The Morgan fingerprint density at radius 1 is 1.38 bits per heavy atom. The van der Waals surface area contributed by atoms with Gasteiger partial charge >= 0.3 is 0 Å². The Kier molecular flexibility index (Phi) is 4.86. The molecule has 4 N–H and O–H groups in total. The highest BCUT2D eigenvalue weighted by Gasteiger charge is 2.15. The van der Waals surface area contributed by atoms with Gasteiger partial charge in [0.25, 0.3) is 0 Å². The van der Waals surface area contributed by atoms with Crippen LogP contribution in [0.4, 0.5) is 5.69 Å². The lowest BCUT2D eigenvalue weighted by Crippen LogP contribution is -2.16. The molecule has 0 saturated heterocycles. The van der Waals surface area contributed by atoms with Crippen LogP contribution in [-0.4, -0.2) is 36.7 Å². The van der Waals surface area contributed by atoms with Crippen molar-refractivity contribution < 1.29 is 4.79 Å². The molecule has 0 saturated carbocycles. The average molecular weight is 408 g/mol. The number of nitrogens with two attached hydrogens (primary N) is 1. The van der Waals surface area contributed by atoms with Crippen molar-refractivity contribution in [3.8, 4) is 11.5 Å². The molecule has 0 unspecified atom stereocenters. The Labute approximate surface area is 150 Å². The summed E-state index contributed by atoms with van der Waals surface area (Å²) < 4.78 is 2.28. The maximum atomic E-state index is 12.0. The van der Waals surface area contributed by atoms with Crippen molar-refractivity contribution in [1.29, 1.82) is 0 Å². The fourth-order valence-electron chi connectivity index (χ4n) is 1.94. The Balaban J connectivity index is 1.61. The highest BCUT2D eigenvalue weighted by Crippen LogP contribution is 2.21. The van der Waals surface area contributed by atoms with Crippen LogP contribution in [0.2, 0.25) is 0 Å². The van der Waals surface area contributed by atoms with Crippen molar-refractivity contribution >= 4 is 39.3 Å². The van der Waals surface area contributed by atoms with E-state index in [1.807, 2.05) is 37.3 Å². The molecule has 0 bridgehead atoms. The van der Waals surface area contributed by atoms with Crippen LogP contribution in [0.15, 0.2) is 40.0 Å². The van der Waals surface area contributed by atoms with Gasteiger partial charge in [0.05, 0.1) is 5.75 Å². The SMILES string of the molecule is Cc1cc(-c2nnc(SCC(=O)Nc3ccc(Br)cc3)n2N)n[nH]1. The lowest BCUT2D eigenvalue weighted by Gasteiger charge is -2.05. The minimum absolute atomic E-state index is 0.150. The van der Waals surface area contributed by atoms with E-state index in [0.29, 0.717) is 16.7 Å². The molecule has 0 aliphatic rings. The lowest BCUT2D eigenvalue weighted by molar-refractivity contribution is -0.113. The molecule has 1 amide bonds. The smallest absolute Gasteiger partial charge is 0.234 e. The summed E-state index contributed by atoms with van der Waals surface area (Å²) in [6.07, 6.45) is 0. The van der Waals surface area contributed by atoms with Crippen molar-refractivity contribution in [2.24, 2.45) is 0 Å². The number of carbonyl (C=O) groups is 1. The molecule has 3 aromatic rings. The number of nitrogens with zero attached hydrogens (tertiary/aromatic N) is 4. The molecule has 24 heavy (non-hydrogen) atoms. The minimum Gasteiger partial charge on any atom is -0.335 e. The van der Waals surface area contributed by atoms with Crippen LogP contribution in [0.5, 0.6) is 0 Å². The number of amides is 1. The summed E-state index contributed by atoms with van der Waals surface area (Å²) in [5, 5.41) is 18.2. The second-order valence-corrected chi connectivity index (χ2v) is 6.81. The largest absolute Gasteiger partial charge is 0.335 e. The summed E-state index contributed by atoms with van der Waals surface area (Å²) in [6.45, 7) is 1.88. The van der Waals surface area contributed by atoms with Gasteiger partial charge in [0, 0.05) is 15.9 Å². The maximum absolute atomic E-state index is 12.0. The number of aryl methyl sites for hydroxylation is 1. The molecule has 0 aliphatic heterocycles. The monoisotopic (exact) mass is 407 g/mol. The third kappa shape index (κ3) is 3.77. The molecular weight excluding hydrogens is 394 g/mol. The number of nitrogens with one attached hydrogen (secondary N) is 2. The number of carbonyl (C=O) groups excluding carboxylic acids is 1. The summed E-state index contributed by atoms with van der Waals surface area (Å²) in [5.74, 6) is 6.44. The summed E-state index contributed by atoms with van der Waals surface area (Å²) >= 11 is 4.55. The molecule has 0 aliphatic carbocycles. The van der Waals surface area contributed by atoms with E-state index >= 15 is 0 Å². The van der Waals surface area contributed by atoms with Crippen LogP contribution < -0.4 is 11.2 Å². The number of halogens is 1. The van der Waals surface area contributed by atoms with Crippen LogP contribution in [0.3, 0.4) is 0 Å². The van der Waals surface area contributed by atoms with Gasteiger partial charge in [0.1, 0.15) is 5.69 Å². The summed E-state index contributed by atoms with van der Waals surface area (Å²) in [4.78, 5) is 12.0. The van der Waals surface area contributed by atoms with Gasteiger partial charge in [-0.25, -0.2) is 4.68 Å². The van der Waals surface area contributed by atoms with Crippen molar-refractivity contribution in [2.75, 3.05) is 16.9 Å². The number of thioether (sulfide) groups is 1. The van der Waals surface area contributed by atoms with E-state index in [2.05, 4.69) is 41.6 Å². The normalized spacial score (nSPS) is 10.8. The summed E-state index contributed by atoms with van der Waals surface area (Å²) in [5.41, 5.74) is 2.23. The van der Waals surface area contributed by atoms with E-state index in [1.54, 1.807) is 0 Å². The first-order chi connectivity index (χ1) is 11.5. The Morgan fingerprint density at radius 3 is 2.79 bits per heavy atom. The highest BCUT2D eigenvalue weighted by atomic mass is 79.9. The molecule has 0 fully saturated rings. The molecule has 2 heterocycles. The maximum Gasteiger partial charge on any atom is 0.234 e. The van der Waals surface area contributed by atoms with Crippen molar-refractivity contribution in [3.63, 3.8) is 0 Å². The van der Waals surface area contributed by atoms with Gasteiger partial charge in [-0.1, -0.05) is 27.7 Å². The quantitative estimate of drug-likeness (QED) is 0.441. The molecule has 2 aromatic heterocycles. The molecule has 8 nitrogen and oxygen atoms in total. The fraction of sp³-hybridized carbons (Fsp3) is 0.143. The summed E-state index contributed by atoms with van der Waals surface area (Å²) in [7, 11) is 0. The predicted molar refractivity (Wildman–Crippen MR) is 96.0 cm³/mol. The minimum atomic E-state index is -0.150. The van der Waals surface area contributed by atoms with Crippen LogP contribution in [0, 0.1) is 6.92 Å². The Hall–Kier alpha value is -2.33. The van der Waals surface area contributed by atoms with E-state index in [1.165, 1.54) is 16.4 Å². The second-order valence-electron chi connectivity index (χ2n) is 4.96. The Bertz CT molecular complexity index is 858. The van der Waals surface area contributed by atoms with Gasteiger partial charge in [0.15, 0.2) is 0 Å². The van der Waals surface area contributed by atoms with E-state index in [0.717, 1.165) is 15.9 Å². The van der Waals surface area contributed by atoms with Crippen LogP contribution in [0.1, 0.15) is 5.69 Å². The number of hydrogen-bond acceptors (Lipinski definition) is 6. The molecule has 10 heteroatoms. The van der Waals surface area contributed by atoms with Gasteiger partial charge in [-0.15, -0.1) is 10.2 Å². The predicted octanol–water partition coefficient (Wildman–Crippen LogP) is 2.18. The van der Waals surface area contributed by atoms with Crippen LogP contribution in [-0.2, 0) is 4.79 Å². The van der Waals surface area contributed by atoms with E-state index in [-0.39, 0.29) is 11.7 Å². The number of benzene rings is 1. The first-order valence-electron chi connectivity index (χ1n) is 6.94. The van der Waals surface area contributed by atoms with Gasteiger partial charge in [0.2, 0.25) is 16.9 Å². The molecule has 0 radical (unpaired) electrons. The Morgan fingerprint density at radius 2 is 2.12 bits per heavy atom. The molecular formula is C14H14BrN7OS. The van der Waals surface area contributed by atoms with Gasteiger partial charge in [-0.05, 0) is 37.3 Å².